The average Bonchev–Trinajstić information content (AvgIpc) is 3.28. The van der Waals surface area contributed by atoms with E-state index >= 15 is 0 Å². The van der Waals surface area contributed by atoms with Gasteiger partial charge in [0, 0.05) is 50.7 Å². The highest BCUT2D eigenvalue weighted by Crippen LogP contribution is 2.24. The van der Waals surface area contributed by atoms with Crippen LogP contribution in [0.4, 0.5) is 23.1 Å². The summed E-state index contributed by atoms with van der Waals surface area (Å²) >= 11 is 6.24. The first-order valence-corrected chi connectivity index (χ1v) is 13.0. The van der Waals surface area contributed by atoms with Gasteiger partial charge in [-0.3, -0.25) is 4.55 Å². The number of hydrogen-bond acceptors (Lipinski definition) is 9. The van der Waals surface area contributed by atoms with Gasteiger partial charge in [-0.25, -0.2) is 4.98 Å². The molecule has 3 N–H and O–H groups in total. The number of halogens is 1. The van der Waals surface area contributed by atoms with Gasteiger partial charge in [-0.15, -0.1) is 0 Å². The van der Waals surface area contributed by atoms with Crippen molar-refractivity contribution in [3.05, 3.63) is 35.5 Å². The van der Waals surface area contributed by atoms with E-state index in [9.17, 15) is 8.42 Å². The van der Waals surface area contributed by atoms with Crippen LogP contribution in [-0.4, -0.2) is 86.6 Å². The number of rotatable bonds is 6. The molecule has 2 aliphatic rings. The largest absolute Gasteiger partial charge is 0.376 e. The Hall–Kier alpha value is -2.18. The maximum Gasteiger partial charge on any atom is 0.261 e. The molecule has 2 fully saturated rings. The number of benzene rings is 1. The van der Waals surface area contributed by atoms with Crippen LogP contribution < -0.4 is 15.5 Å². The van der Waals surface area contributed by atoms with Crippen molar-refractivity contribution >= 4 is 44.9 Å². The third kappa shape index (κ3) is 8.94. The van der Waals surface area contributed by atoms with Gasteiger partial charge < -0.3 is 25.2 Å². The molecular weight excluding hydrogens is 468 g/mol. The van der Waals surface area contributed by atoms with Gasteiger partial charge in [0.15, 0.2) is 5.82 Å². The summed E-state index contributed by atoms with van der Waals surface area (Å²) in [6.07, 6.45) is 4.74. The number of nitrogens with zero attached hydrogens (tertiary/aromatic N) is 4. The number of aromatic nitrogens is 2. The van der Waals surface area contributed by atoms with Gasteiger partial charge in [-0.1, -0.05) is 11.6 Å². The van der Waals surface area contributed by atoms with Crippen molar-refractivity contribution in [2.45, 2.75) is 18.9 Å². The van der Waals surface area contributed by atoms with E-state index in [0.717, 1.165) is 51.3 Å². The van der Waals surface area contributed by atoms with Crippen molar-refractivity contribution in [3.8, 4) is 0 Å². The van der Waals surface area contributed by atoms with Gasteiger partial charge in [0.2, 0.25) is 5.95 Å². The monoisotopic (exact) mass is 498 g/mol. The Kier molecular flexibility index (Phi) is 9.10. The molecule has 0 saturated carbocycles. The number of piperazine rings is 1. The highest BCUT2D eigenvalue weighted by atomic mass is 35.5. The van der Waals surface area contributed by atoms with Crippen LogP contribution >= 0.6 is 11.6 Å². The summed E-state index contributed by atoms with van der Waals surface area (Å²) in [5.74, 6) is 1.15. The van der Waals surface area contributed by atoms with Gasteiger partial charge >= 0.3 is 0 Å². The summed E-state index contributed by atoms with van der Waals surface area (Å²) in [5.41, 5.74) is 2.19. The maximum absolute atomic E-state index is 9.19. The first kappa shape index (κ1) is 25.4. The van der Waals surface area contributed by atoms with E-state index < -0.39 is 10.1 Å². The summed E-state index contributed by atoms with van der Waals surface area (Å²) in [7, 11) is -1.50. The Bertz CT molecular complexity index is 986. The average molecular weight is 499 g/mol. The Morgan fingerprint density at radius 3 is 2.48 bits per heavy atom. The number of nitrogens with one attached hydrogen (secondary N) is 2. The molecule has 12 heteroatoms. The molecule has 33 heavy (non-hydrogen) atoms. The van der Waals surface area contributed by atoms with Gasteiger partial charge in [0.1, 0.15) is 5.02 Å². The molecule has 2 aliphatic heterocycles. The van der Waals surface area contributed by atoms with Crippen molar-refractivity contribution in [3.63, 3.8) is 0 Å². The molecule has 2 saturated heterocycles. The maximum atomic E-state index is 9.19. The van der Waals surface area contributed by atoms with E-state index in [0.29, 0.717) is 29.6 Å². The normalized spacial score (nSPS) is 19.0. The van der Waals surface area contributed by atoms with E-state index in [-0.39, 0.29) is 6.10 Å². The predicted octanol–water partition coefficient (Wildman–Crippen LogP) is 2.72. The molecule has 3 heterocycles. The zero-order valence-electron chi connectivity index (χ0n) is 18.9. The van der Waals surface area contributed by atoms with E-state index in [1.807, 2.05) is 0 Å². The fourth-order valence-corrected chi connectivity index (χ4v) is 3.67. The van der Waals surface area contributed by atoms with Crippen molar-refractivity contribution in [1.29, 1.82) is 0 Å². The van der Waals surface area contributed by atoms with Crippen LogP contribution in [0, 0.1) is 0 Å². The quantitative estimate of drug-likeness (QED) is 0.512. The van der Waals surface area contributed by atoms with Crippen molar-refractivity contribution in [2.24, 2.45) is 0 Å². The van der Waals surface area contributed by atoms with Gasteiger partial charge in [-0.05, 0) is 44.2 Å². The number of likely N-dealkylation sites (N-methyl/N-ethyl adjacent to an activating group) is 1. The number of ether oxygens (including phenoxy) is 1. The summed E-state index contributed by atoms with van der Waals surface area (Å²) < 4.78 is 31.5. The van der Waals surface area contributed by atoms with Gasteiger partial charge in [0.25, 0.3) is 10.1 Å². The molecule has 0 spiro atoms. The van der Waals surface area contributed by atoms with Crippen molar-refractivity contribution < 1.29 is 17.7 Å². The lowest BCUT2D eigenvalue weighted by Gasteiger charge is -2.34. The molecule has 1 atom stereocenters. The lowest BCUT2D eigenvalue weighted by Crippen LogP contribution is -2.44. The minimum Gasteiger partial charge on any atom is -0.376 e. The summed E-state index contributed by atoms with van der Waals surface area (Å²) in [6, 6.07) is 8.40. The van der Waals surface area contributed by atoms with Crippen molar-refractivity contribution in [2.75, 3.05) is 68.2 Å². The highest BCUT2D eigenvalue weighted by molar-refractivity contribution is 7.85. The van der Waals surface area contributed by atoms with E-state index in [2.05, 4.69) is 61.7 Å². The molecule has 10 nitrogen and oxygen atoms in total. The molecule has 0 amide bonds. The second-order valence-corrected chi connectivity index (χ2v) is 9.97. The molecule has 1 aromatic heterocycles. The molecule has 0 aliphatic carbocycles. The predicted molar refractivity (Wildman–Crippen MR) is 131 cm³/mol. The van der Waals surface area contributed by atoms with Crippen LogP contribution in [0.25, 0.3) is 0 Å². The standard InChI is InChI=1S/C20H27ClN6O.CH4O3S/c1-26-8-10-27(11-9-26)16-6-4-15(5-7-16)24-20-23-14-18(21)19(25-20)22-13-17-3-2-12-28-17;1-5(2,3)4/h4-7,14,17H,2-3,8-13H2,1H3,(H2,22,23,24,25);1H3,(H,2,3,4). The zero-order valence-corrected chi connectivity index (χ0v) is 20.4. The fourth-order valence-electron chi connectivity index (χ4n) is 3.52. The molecule has 182 valence electrons. The van der Waals surface area contributed by atoms with Crippen LogP contribution in [-0.2, 0) is 14.9 Å². The van der Waals surface area contributed by atoms with Crippen LogP contribution in [0.3, 0.4) is 0 Å². The molecule has 1 aromatic carbocycles. The highest BCUT2D eigenvalue weighted by Gasteiger charge is 2.17. The Morgan fingerprint density at radius 1 is 1.21 bits per heavy atom. The summed E-state index contributed by atoms with van der Waals surface area (Å²) in [6.45, 7) is 5.85. The third-order valence-electron chi connectivity index (χ3n) is 5.26. The Balaban J connectivity index is 0.000000555. The summed E-state index contributed by atoms with van der Waals surface area (Å²) in [5, 5.41) is 7.04. The van der Waals surface area contributed by atoms with Gasteiger partial charge in [0.05, 0.1) is 18.6 Å². The van der Waals surface area contributed by atoms with Gasteiger partial charge in [-0.2, -0.15) is 13.4 Å². The Morgan fingerprint density at radius 2 is 1.88 bits per heavy atom. The molecule has 2 aromatic rings. The molecule has 0 bridgehead atoms. The third-order valence-corrected chi connectivity index (χ3v) is 5.53. The zero-order chi connectivity index (χ0) is 23.8. The second kappa shape index (κ2) is 11.8. The van der Waals surface area contributed by atoms with Crippen LogP contribution in [0.5, 0.6) is 0 Å². The fraction of sp³-hybridized carbons (Fsp3) is 0.524. The minimum absolute atomic E-state index is 0.226. The van der Waals surface area contributed by atoms with E-state index in [4.69, 9.17) is 20.9 Å². The second-order valence-electron chi connectivity index (χ2n) is 8.10. The first-order valence-electron chi connectivity index (χ1n) is 10.8. The Labute approximate surface area is 200 Å². The van der Waals surface area contributed by atoms with Crippen LogP contribution in [0.15, 0.2) is 30.5 Å². The smallest absolute Gasteiger partial charge is 0.261 e. The minimum atomic E-state index is -3.67. The first-order chi connectivity index (χ1) is 15.7. The lowest BCUT2D eigenvalue weighted by atomic mass is 10.2. The molecular formula is C21H31ClN6O4S. The number of anilines is 4. The lowest BCUT2D eigenvalue weighted by molar-refractivity contribution is 0.120. The molecule has 1 unspecified atom stereocenters. The molecule has 4 rings (SSSR count). The SMILES string of the molecule is CN1CCN(c2ccc(Nc3ncc(Cl)c(NCC4CCCO4)n3)cc2)CC1.CS(=O)(=O)O. The van der Waals surface area contributed by atoms with E-state index in [1.54, 1.807) is 6.20 Å². The summed E-state index contributed by atoms with van der Waals surface area (Å²) in [4.78, 5) is 13.6. The number of hydrogen-bond donors (Lipinski definition) is 3. The topological polar surface area (TPSA) is 120 Å². The molecule has 0 radical (unpaired) electrons. The van der Waals surface area contributed by atoms with Crippen LogP contribution in [0.1, 0.15) is 12.8 Å². The van der Waals surface area contributed by atoms with Crippen LogP contribution in [0.2, 0.25) is 5.02 Å². The van der Waals surface area contributed by atoms with E-state index in [1.165, 1.54) is 5.69 Å². The van der Waals surface area contributed by atoms with Crippen molar-refractivity contribution in [1.82, 2.24) is 14.9 Å².